The summed E-state index contributed by atoms with van der Waals surface area (Å²) in [6.45, 7) is 12.6. The molecule has 0 rings (SSSR count). The van der Waals surface area contributed by atoms with Crippen LogP contribution in [-0.4, -0.2) is 15.7 Å². The third-order valence-electron chi connectivity index (χ3n) is 3.24. The second-order valence-corrected chi connectivity index (χ2v) is 5.36. The van der Waals surface area contributed by atoms with E-state index in [4.69, 9.17) is 15.7 Å². The molecule has 2 heteroatoms. The molecular formula is C10H20B2. The summed E-state index contributed by atoms with van der Waals surface area (Å²) < 4.78 is 0. The Morgan fingerprint density at radius 2 is 1.25 bits per heavy atom. The fourth-order valence-electron chi connectivity index (χ4n) is 1.31. The van der Waals surface area contributed by atoms with Gasteiger partial charge in [0.25, 0.3) is 0 Å². The van der Waals surface area contributed by atoms with Crippen LogP contribution in [0.25, 0.3) is 0 Å². The van der Waals surface area contributed by atoms with Crippen molar-refractivity contribution in [1.82, 2.24) is 0 Å². The third kappa shape index (κ3) is 1.89. The van der Waals surface area contributed by atoms with Crippen LogP contribution in [0.3, 0.4) is 0 Å². The SMILES string of the molecule is [B]C([B])(C(C)(C)C)C(C)(C)CC. The van der Waals surface area contributed by atoms with E-state index in [1.807, 2.05) is 0 Å². The molecule has 0 atom stereocenters. The van der Waals surface area contributed by atoms with Gasteiger partial charge in [0, 0.05) is 0 Å². The topological polar surface area (TPSA) is 0 Å². The molecule has 0 saturated heterocycles. The predicted octanol–water partition coefficient (Wildman–Crippen LogP) is 2.92. The first-order chi connectivity index (χ1) is 5.06. The molecule has 0 aromatic rings. The summed E-state index contributed by atoms with van der Waals surface area (Å²) in [5, 5.41) is -0.616. The van der Waals surface area contributed by atoms with Crippen LogP contribution in [0.2, 0.25) is 5.21 Å². The molecule has 0 aliphatic rings. The highest BCUT2D eigenvalue weighted by molar-refractivity contribution is 6.40. The molecular weight excluding hydrogens is 142 g/mol. The Hall–Kier alpha value is 0.130. The Labute approximate surface area is 80.3 Å². The summed E-state index contributed by atoms with van der Waals surface area (Å²) in [7, 11) is 12.3. The monoisotopic (exact) mass is 162 g/mol. The van der Waals surface area contributed by atoms with E-state index >= 15 is 0 Å². The van der Waals surface area contributed by atoms with Crippen LogP contribution >= 0.6 is 0 Å². The van der Waals surface area contributed by atoms with E-state index in [1.54, 1.807) is 0 Å². The summed E-state index contributed by atoms with van der Waals surface area (Å²) in [6.07, 6.45) is 0.997. The van der Waals surface area contributed by atoms with Crippen molar-refractivity contribution < 1.29 is 0 Å². The normalized spacial score (nSPS) is 14.8. The maximum Gasteiger partial charge on any atom is 0.0634 e. The molecule has 0 aliphatic heterocycles. The van der Waals surface area contributed by atoms with Gasteiger partial charge in [0.05, 0.1) is 15.7 Å². The van der Waals surface area contributed by atoms with Crippen molar-refractivity contribution in [2.45, 2.75) is 53.2 Å². The van der Waals surface area contributed by atoms with Crippen LogP contribution in [-0.2, 0) is 0 Å². The minimum atomic E-state index is -0.616. The fourth-order valence-corrected chi connectivity index (χ4v) is 1.31. The van der Waals surface area contributed by atoms with Gasteiger partial charge in [-0.1, -0.05) is 53.2 Å². The molecule has 0 fully saturated rings. The Morgan fingerprint density at radius 3 is 1.33 bits per heavy atom. The van der Waals surface area contributed by atoms with Crippen LogP contribution in [0.5, 0.6) is 0 Å². The quantitative estimate of drug-likeness (QED) is 0.547. The van der Waals surface area contributed by atoms with Gasteiger partial charge in [0.1, 0.15) is 0 Å². The van der Waals surface area contributed by atoms with Crippen LogP contribution in [0.4, 0.5) is 0 Å². The van der Waals surface area contributed by atoms with E-state index in [0.717, 1.165) is 6.42 Å². The molecule has 0 nitrogen and oxygen atoms in total. The maximum absolute atomic E-state index is 6.16. The Bertz CT molecular complexity index is 152. The molecule has 0 N–H and O–H groups in total. The molecule has 0 aliphatic carbocycles. The van der Waals surface area contributed by atoms with Gasteiger partial charge >= 0.3 is 0 Å². The number of rotatable bonds is 2. The molecule has 0 saturated carbocycles. The molecule has 12 heavy (non-hydrogen) atoms. The lowest BCUT2D eigenvalue weighted by Crippen LogP contribution is -2.42. The standard InChI is InChI=1S/C10H20B2/c1-7-9(5,6)10(11,12)8(2,3)4/h7H2,1-6H3. The third-order valence-corrected chi connectivity index (χ3v) is 3.24. The number of hydrogen-bond acceptors (Lipinski definition) is 0. The highest BCUT2D eigenvalue weighted by Crippen LogP contribution is 2.54. The van der Waals surface area contributed by atoms with Gasteiger partial charge in [0.2, 0.25) is 0 Å². The van der Waals surface area contributed by atoms with Gasteiger partial charge in [-0.25, -0.2) is 0 Å². The molecule has 0 aromatic heterocycles. The lowest BCUT2D eigenvalue weighted by Gasteiger charge is -2.52. The van der Waals surface area contributed by atoms with Crippen LogP contribution in [0.1, 0.15) is 48.0 Å². The van der Waals surface area contributed by atoms with Gasteiger partial charge in [-0.3, -0.25) is 0 Å². The molecule has 0 spiro atoms. The largest absolute Gasteiger partial charge is 0.0894 e. The van der Waals surface area contributed by atoms with Crippen molar-refractivity contribution >= 4 is 15.7 Å². The molecule has 0 aromatic carbocycles. The van der Waals surface area contributed by atoms with E-state index in [-0.39, 0.29) is 10.8 Å². The smallest absolute Gasteiger partial charge is 0.0634 e. The maximum atomic E-state index is 6.16. The van der Waals surface area contributed by atoms with Crippen molar-refractivity contribution in [3.8, 4) is 0 Å². The van der Waals surface area contributed by atoms with Crippen molar-refractivity contribution in [3.63, 3.8) is 0 Å². The average Bonchev–Trinajstić information content (AvgIpc) is 1.85. The zero-order valence-corrected chi connectivity index (χ0v) is 9.36. The van der Waals surface area contributed by atoms with Crippen molar-refractivity contribution in [3.05, 3.63) is 0 Å². The van der Waals surface area contributed by atoms with Gasteiger partial charge in [-0.15, -0.1) is 0 Å². The van der Waals surface area contributed by atoms with Crippen LogP contribution in [0.15, 0.2) is 0 Å². The first-order valence-corrected chi connectivity index (χ1v) is 4.64. The average molecular weight is 162 g/mol. The predicted molar refractivity (Wildman–Crippen MR) is 57.7 cm³/mol. The van der Waals surface area contributed by atoms with E-state index in [1.165, 1.54) is 0 Å². The van der Waals surface area contributed by atoms with Gasteiger partial charge in [-0.2, -0.15) is 0 Å². The Kier molecular flexibility index (Phi) is 3.15. The molecule has 0 unspecified atom stereocenters. The van der Waals surface area contributed by atoms with E-state index in [2.05, 4.69) is 41.5 Å². The first-order valence-electron chi connectivity index (χ1n) is 4.64. The minimum Gasteiger partial charge on any atom is -0.0894 e. The van der Waals surface area contributed by atoms with Crippen molar-refractivity contribution in [2.24, 2.45) is 10.8 Å². The highest BCUT2D eigenvalue weighted by Gasteiger charge is 2.42. The van der Waals surface area contributed by atoms with Crippen LogP contribution in [0, 0.1) is 10.8 Å². The van der Waals surface area contributed by atoms with Crippen molar-refractivity contribution in [2.75, 3.05) is 0 Å². The minimum absolute atomic E-state index is 0.0226. The molecule has 0 bridgehead atoms. The fraction of sp³-hybridized carbons (Fsp3) is 1.00. The summed E-state index contributed by atoms with van der Waals surface area (Å²) >= 11 is 0. The number of hydrogen-bond donors (Lipinski definition) is 0. The van der Waals surface area contributed by atoms with Gasteiger partial charge in [0.15, 0.2) is 0 Å². The second-order valence-electron chi connectivity index (χ2n) is 5.36. The summed E-state index contributed by atoms with van der Waals surface area (Å²) in [4.78, 5) is 0. The first kappa shape index (κ1) is 12.1. The second kappa shape index (κ2) is 3.12. The summed E-state index contributed by atoms with van der Waals surface area (Å²) in [5.74, 6) is 0. The molecule has 0 amide bonds. The lowest BCUT2D eigenvalue weighted by atomic mass is 9.34. The van der Waals surface area contributed by atoms with E-state index in [0.29, 0.717) is 0 Å². The summed E-state index contributed by atoms with van der Waals surface area (Å²) in [5.41, 5.74) is -0.0856. The molecule has 0 heterocycles. The zero-order chi connectivity index (χ0) is 10.2. The van der Waals surface area contributed by atoms with Gasteiger partial charge < -0.3 is 0 Å². The molecule has 66 valence electrons. The summed E-state index contributed by atoms with van der Waals surface area (Å²) in [6, 6.07) is 0. The van der Waals surface area contributed by atoms with E-state index in [9.17, 15) is 0 Å². The van der Waals surface area contributed by atoms with Gasteiger partial charge in [-0.05, 0) is 10.8 Å². The van der Waals surface area contributed by atoms with Crippen molar-refractivity contribution in [1.29, 1.82) is 0 Å². The highest BCUT2D eigenvalue weighted by atomic mass is 14.4. The Morgan fingerprint density at radius 1 is 0.917 bits per heavy atom. The zero-order valence-electron chi connectivity index (χ0n) is 9.36. The lowest BCUT2D eigenvalue weighted by molar-refractivity contribution is 0.173. The Balaban J connectivity index is 4.85. The van der Waals surface area contributed by atoms with Crippen LogP contribution < -0.4 is 0 Å². The van der Waals surface area contributed by atoms with E-state index < -0.39 is 5.21 Å². The molecule has 4 radical (unpaired) electrons.